The molecule has 8 heteroatoms. The number of carbonyl (C=O) groups excluding carboxylic acids is 1. The fourth-order valence-corrected chi connectivity index (χ4v) is 4.34. The number of fused-ring (bicyclic) bond motifs is 1. The number of pyridine rings is 1. The Hall–Kier alpha value is -3.36. The maximum atomic E-state index is 12.4. The molecule has 2 aromatic carbocycles. The predicted octanol–water partition coefficient (Wildman–Crippen LogP) is 2.87. The second-order valence-corrected chi connectivity index (χ2v) is 8.31. The van der Waals surface area contributed by atoms with Crippen LogP contribution >= 0.6 is 0 Å². The van der Waals surface area contributed by atoms with Gasteiger partial charge in [0.1, 0.15) is 6.61 Å². The van der Waals surface area contributed by atoms with Gasteiger partial charge in [-0.1, -0.05) is 6.07 Å². The molecule has 0 unspecified atom stereocenters. The first-order chi connectivity index (χ1) is 15.9. The van der Waals surface area contributed by atoms with Crippen molar-refractivity contribution in [1.29, 1.82) is 0 Å². The van der Waals surface area contributed by atoms with Gasteiger partial charge in [-0.25, -0.2) is 4.98 Å². The van der Waals surface area contributed by atoms with Crippen LogP contribution in [0.4, 0.5) is 5.69 Å². The summed E-state index contributed by atoms with van der Waals surface area (Å²) in [5.74, 6) is 0.545. The summed E-state index contributed by atoms with van der Waals surface area (Å²) in [7, 11) is 1.58. The first-order valence-corrected chi connectivity index (χ1v) is 11.1. The lowest BCUT2D eigenvalue weighted by Gasteiger charge is -2.18. The molecule has 174 valence electrons. The van der Waals surface area contributed by atoms with Crippen molar-refractivity contribution in [2.24, 2.45) is 5.73 Å². The molecule has 33 heavy (non-hydrogen) atoms. The summed E-state index contributed by atoms with van der Waals surface area (Å²) in [5, 5.41) is 10.7. The second kappa shape index (κ2) is 9.64. The van der Waals surface area contributed by atoms with Crippen LogP contribution in [0, 0.1) is 6.92 Å². The van der Waals surface area contributed by atoms with Crippen molar-refractivity contribution in [2.45, 2.75) is 26.4 Å². The highest BCUT2D eigenvalue weighted by atomic mass is 16.5. The van der Waals surface area contributed by atoms with Gasteiger partial charge < -0.3 is 26.0 Å². The highest BCUT2D eigenvalue weighted by Gasteiger charge is 2.20. The molecular formula is C25H30N4O4. The van der Waals surface area contributed by atoms with E-state index in [0.717, 1.165) is 25.2 Å². The Morgan fingerprint density at radius 3 is 2.61 bits per heavy atom. The number of carbonyl (C=O) groups is 1. The number of aliphatic hydroxyl groups excluding tert-OH is 1. The lowest BCUT2D eigenvalue weighted by atomic mass is 9.94. The molecule has 1 aliphatic rings. The number of aromatic nitrogens is 1. The van der Waals surface area contributed by atoms with Gasteiger partial charge in [0.2, 0.25) is 0 Å². The minimum Gasteiger partial charge on any atom is -0.493 e. The minimum atomic E-state index is -0.606. The summed E-state index contributed by atoms with van der Waals surface area (Å²) in [6.07, 6.45) is 2.46. The van der Waals surface area contributed by atoms with Gasteiger partial charge in [0.15, 0.2) is 11.5 Å². The molecule has 1 aliphatic heterocycles. The van der Waals surface area contributed by atoms with Crippen molar-refractivity contribution >= 4 is 22.5 Å². The third kappa shape index (κ3) is 4.58. The van der Waals surface area contributed by atoms with E-state index in [0.29, 0.717) is 51.5 Å². The zero-order valence-electron chi connectivity index (χ0n) is 19.1. The maximum absolute atomic E-state index is 12.4. The van der Waals surface area contributed by atoms with Gasteiger partial charge in [-0.3, -0.25) is 9.69 Å². The largest absolute Gasteiger partial charge is 0.493 e. The van der Waals surface area contributed by atoms with Crippen LogP contribution in [0.2, 0.25) is 0 Å². The molecule has 0 atom stereocenters. The maximum Gasteiger partial charge on any atom is 0.250 e. The van der Waals surface area contributed by atoms with Crippen LogP contribution in [-0.4, -0.2) is 54.2 Å². The van der Waals surface area contributed by atoms with Gasteiger partial charge in [-0.15, -0.1) is 0 Å². The van der Waals surface area contributed by atoms with Crippen LogP contribution < -0.4 is 20.9 Å². The molecule has 1 amide bonds. The smallest absolute Gasteiger partial charge is 0.250 e. The van der Waals surface area contributed by atoms with Crippen LogP contribution in [0.15, 0.2) is 30.3 Å². The molecule has 2 heterocycles. The van der Waals surface area contributed by atoms with Crippen molar-refractivity contribution in [2.75, 3.05) is 39.1 Å². The number of nitrogen functional groups attached to an aromatic ring is 1. The quantitative estimate of drug-likeness (QED) is 0.451. The SMILES string of the molecule is COc1cc2nc(-c3ccc(N)c(C)c3CO)c(C(N)=O)cc2cc1OCCN1CCCC1. The summed E-state index contributed by atoms with van der Waals surface area (Å²) in [6, 6.07) is 8.81. The number of benzene rings is 2. The number of likely N-dealkylation sites (tertiary alicyclic amines) is 1. The molecule has 5 N–H and O–H groups in total. The average molecular weight is 451 g/mol. The van der Waals surface area contributed by atoms with Gasteiger partial charge in [-0.2, -0.15) is 0 Å². The van der Waals surface area contributed by atoms with Gasteiger partial charge in [0.25, 0.3) is 5.91 Å². The van der Waals surface area contributed by atoms with Crippen molar-refractivity contribution in [3.8, 4) is 22.8 Å². The molecule has 0 saturated carbocycles. The second-order valence-electron chi connectivity index (χ2n) is 8.31. The molecular weight excluding hydrogens is 420 g/mol. The lowest BCUT2D eigenvalue weighted by molar-refractivity contribution is 0.100. The first kappa shape index (κ1) is 22.8. The predicted molar refractivity (Wildman–Crippen MR) is 128 cm³/mol. The van der Waals surface area contributed by atoms with E-state index in [4.69, 9.17) is 25.9 Å². The van der Waals surface area contributed by atoms with E-state index in [1.807, 2.05) is 13.0 Å². The van der Waals surface area contributed by atoms with Crippen LogP contribution in [-0.2, 0) is 6.61 Å². The van der Waals surface area contributed by atoms with Crippen molar-refractivity contribution < 1.29 is 19.4 Å². The normalized spacial score (nSPS) is 14.0. The Bertz CT molecular complexity index is 1190. The third-order valence-electron chi connectivity index (χ3n) is 6.28. The molecule has 3 aromatic rings. The number of anilines is 1. The number of primary amides is 1. The zero-order valence-corrected chi connectivity index (χ0v) is 19.1. The molecule has 1 saturated heterocycles. The number of nitrogens with zero attached hydrogens (tertiary/aromatic N) is 2. The Labute approximate surface area is 193 Å². The summed E-state index contributed by atoms with van der Waals surface area (Å²) in [5.41, 5.74) is 15.5. The minimum absolute atomic E-state index is 0.239. The van der Waals surface area contributed by atoms with Gasteiger partial charge in [0.05, 0.1) is 30.5 Å². The molecule has 0 aliphatic carbocycles. The van der Waals surface area contributed by atoms with E-state index in [-0.39, 0.29) is 12.2 Å². The van der Waals surface area contributed by atoms with Crippen LogP contribution in [0.3, 0.4) is 0 Å². The van der Waals surface area contributed by atoms with Crippen molar-refractivity contribution in [3.63, 3.8) is 0 Å². The monoisotopic (exact) mass is 450 g/mol. The Morgan fingerprint density at radius 1 is 1.18 bits per heavy atom. The first-order valence-electron chi connectivity index (χ1n) is 11.1. The van der Waals surface area contributed by atoms with E-state index in [1.165, 1.54) is 12.8 Å². The summed E-state index contributed by atoms with van der Waals surface area (Å²) >= 11 is 0. The summed E-state index contributed by atoms with van der Waals surface area (Å²) < 4.78 is 11.6. The van der Waals surface area contributed by atoms with Gasteiger partial charge in [0, 0.05) is 29.2 Å². The van der Waals surface area contributed by atoms with Crippen LogP contribution in [0.25, 0.3) is 22.2 Å². The Morgan fingerprint density at radius 2 is 1.94 bits per heavy atom. The fourth-order valence-electron chi connectivity index (χ4n) is 4.34. The number of aliphatic hydroxyl groups is 1. The Kier molecular flexibility index (Phi) is 6.67. The van der Waals surface area contributed by atoms with Gasteiger partial charge in [-0.05, 0) is 62.2 Å². The molecule has 0 bridgehead atoms. The van der Waals surface area contributed by atoms with Crippen LogP contribution in [0.5, 0.6) is 11.5 Å². The van der Waals surface area contributed by atoms with E-state index < -0.39 is 5.91 Å². The molecule has 8 nitrogen and oxygen atoms in total. The molecule has 1 fully saturated rings. The highest BCUT2D eigenvalue weighted by molar-refractivity contribution is 6.03. The van der Waals surface area contributed by atoms with Crippen molar-refractivity contribution in [1.82, 2.24) is 9.88 Å². The Balaban J connectivity index is 1.76. The van der Waals surface area contributed by atoms with Crippen molar-refractivity contribution in [3.05, 3.63) is 47.0 Å². The number of amides is 1. The molecule has 0 spiro atoms. The fraction of sp³-hybridized carbons (Fsp3) is 0.360. The molecule has 0 radical (unpaired) electrons. The number of methoxy groups -OCH3 is 1. The molecule has 4 rings (SSSR count). The van der Waals surface area contributed by atoms with E-state index >= 15 is 0 Å². The summed E-state index contributed by atoms with van der Waals surface area (Å²) in [6.45, 7) is 5.19. The standard InChI is InChI=1S/C25H30N4O4/c1-15-19(14-30)17(5-6-20(15)26)24-18(25(27)31)11-16-12-23(22(32-2)13-21(16)28-24)33-10-9-29-7-3-4-8-29/h5-6,11-13,30H,3-4,7-10,14,26H2,1-2H3,(H2,27,31). The van der Waals surface area contributed by atoms with Crippen LogP contribution in [0.1, 0.15) is 34.3 Å². The highest BCUT2D eigenvalue weighted by Crippen LogP contribution is 2.36. The zero-order chi connectivity index (χ0) is 23.5. The van der Waals surface area contributed by atoms with E-state index in [2.05, 4.69) is 4.90 Å². The number of hydrogen-bond donors (Lipinski definition) is 3. The molecule has 1 aromatic heterocycles. The number of rotatable bonds is 8. The average Bonchev–Trinajstić information content (AvgIpc) is 3.33. The lowest BCUT2D eigenvalue weighted by Crippen LogP contribution is -2.25. The topological polar surface area (TPSA) is 124 Å². The third-order valence-corrected chi connectivity index (χ3v) is 6.28. The summed E-state index contributed by atoms with van der Waals surface area (Å²) in [4.78, 5) is 19.5. The number of hydrogen-bond acceptors (Lipinski definition) is 7. The van der Waals surface area contributed by atoms with E-state index in [1.54, 1.807) is 31.4 Å². The van der Waals surface area contributed by atoms with E-state index in [9.17, 15) is 9.90 Å². The number of nitrogens with two attached hydrogens (primary N) is 2. The number of ether oxygens (including phenoxy) is 2. The van der Waals surface area contributed by atoms with Gasteiger partial charge >= 0.3 is 0 Å².